The number of benzene rings is 1. The number of fused-ring (bicyclic) bond motifs is 1. The summed E-state index contributed by atoms with van der Waals surface area (Å²) in [5.74, 6) is -0.369. The van der Waals surface area contributed by atoms with E-state index in [0.717, 1.165) is 28.3 Å². The molecule has 8 nitrogen and oxygen atoms in total. The van der Waals surface area contributed by atoms with Gasteiger partial charge in [0.05, 0.1) is 17.4 Å². The van der Waals surface area contributed by atoms with Crippen LogP contribution >= 0.6 is 27.5 Å². The van der Waals surface area contributed by atoms with E-state index >= 15 is 0 Å². The van der Waals surface area contributed by atoms with Crippen molar-refractivity contribution in [2.45, 2.75) is 26.4 Å². The van der Waals surface area contributed by atoms with Gasteiger partial charge in [-0.15, -0.1) is 16.8 Å². The maximum atomic E-state index is 12.1. The van der Waals surface area contributed by atoms with Crippen LogP contribution < -0.4 is 5.32 Å². The molecule has 0 aliphatic rings. The van der Waals surface area contributed by atoms with Crippen LogP contribution in [0.15, 0.2) is 53.9 Å². The van der Waals surface area contributed by atoms with Crippen LogP contribution in [0, 0.1) is 13.8 Å². The number of imidazole rings is 1. The number of carboxylic acid groups (broad SMARTS) is 1. The molecule has 10 heteroatoms. The molecule has 3 aromatic heterocycles. The fourth-order valence-electron chi connectivity index (χ4n) is 3.67. The zero-order valence-electron chi connectivity index (χ0n) is 17.4. The van der Waals surface area contributed by atoms with Gasteiger partial charge >= 0.3 is 5.97 Å². The smallest absolute Gasteiger partial charge is 0.356 e. The Morgan fingerprint density at radius 3 is 2.69 bits per heavy atom. The summed E-state index contributed by atoms with van der Waals surface area (Å²) >= 11 is 9.51. The van der Waals surface area contributed by atoms with Crippen LogP contribution in [0.25, 0.3) is 5.65 Å². The molecule has 1 atom stereocenters. The number of aromatic nitrogens is 5. The molecule has 0 fully saturated rings. The van der Waals surface area contributed by atoms with Crippen molar-refractivity contribution in [3.8, 4) is 0 Å². The number of hydrogen-bond acceptors (Lipinski definition) is 5. The highest BCUT2D eigenvalue weighted by atomic mass is 79.9. The lowest BCUT2D eigenvalue weighted by atomic mass is 10.0. The number of carbonyl (C=O) groups is 1. The summed E-state index contributed by atoms with van der Waals surface area (Å²) in [6.45, 7) is 8.00. The van der Waals surface area contributed by atoms with Gasteiger partial charge < -0.3 is 15.0 Å². The number of nitrogens with one attached hydrogen (secondary N) is 1. The number of rotatable bonds is 7. The molecule has 3 heterocycles. The van der Waals surface area contributed by atoms with E-state index in [1.54, 1.807) is 22.8 Å². The summed E-state index contributed by atoms with van der Waals surface area (Å²) in [7, 11) is 0. The number of anilines is 1. The van der Waals surface area contributed by atoms with Crippen LogP contribution in [0.5, 0.6) is 0 Å². The van der Waals surface area contributed by atoms with Crippen LogP contribution in [0.2, 0.25) is 5.02 Å². The van der Waals surface area contributed by atoms with Gasteiger partial charge in [0, 0.05) is 17.8 Å². The SMILES string of the molecule is C=CCn1c(Br)nc(C(=O)O)c1C(Nc1cc(C)c2nnc(C)n2c1)c1ccc(Cl)cc1. The van der Waals surface area contributed by atoms with Gasteiger partial charge in [-0.3, -0.25) is 4.40 Å². The Hall–Kier alpha value is -3.17. The van der Waals surface area contributed by atoms with E-state index in [2.05, 4.69) is 43.0 Å². The van der Waals surface area contributed by atoms with E-state index in [4.69, 9.17) is 11.6 Å². The van der Waals surface area contributed by atoms with Crippen LogP contribution in [-0.4, -0.2) is 35.2 Å². The molecular weight excluding hydrogens is 496 g/mol. The summed E-state index contributed by atoms with van der Waals surface area (Å²) in [4.78, 5) is 16.3. The number of hydrogen-bond donors (Lipinski definition) is 2. The number of aryl methyl sites for hydroxylation is 2. The summed E-state index contributed by atoms with van der Waals surface area (Å²) in [5.41, 5.74) is 3.74. The van der Waals surface area contributed by atoms with E-state index in [9.17, 15) is 9.90 Å². The average molecular weight is 516 g/mol. The lowest BCUT2D eigenvalue weighted by molar-refractivity contribution is 0.0689. The quantitative estimate of drug-likeness (QED) is 0.335. The Morgan fingerprint density at radius 2 is 2.03 bits per heavy atom. The third-order valence-corrected chi connectivity index (χ3v) is 5.98. The Balaban J connectivity index is 1.92. The molecule has 0 aliphatic heterocycles. The zero-order chi connectivity index (χ0) is 23.0. The van der Waals surface area contributed by atoms with Gasteiger partial charge in [-0.05, 0) is 59.1 Å². The minimum Gasteiger partial charge on any atom is -0.476 e. The molecule has 0 saturated carbocycles. The van der Waals surface area contributed by atoms with E-state index in [1.165, 1.54) is 0 Å². The van der Waals surface area contributed by atoms with E-state index in [1.807, 2.05) is 42.6 Å². The van der Waals surface area contributed by atoms with Crippen molar-refractivity contribution in [3.63, 3.8) is 0 Å². The number of aromatic carboxylic acids is 1. The maximum Gasteiger partial charge on any atom is 0.356 e. The molecule has 2 N–H and O–H groups in total. The van der Waals surface area contributed by atoms with Crippen molar-refractivity contribution in [3.05, 3.63) is 87.3 Å². The normalized spacial score (nSPS) is 12.1. The van der Waals surface area contributed by atoms with E-state index in [-0.39, 0.29) is 5.69 Å². The first-order valence-corrected chi connectivity index (χ1v) is 10.9. The van der Waals surface area contributed by atoms with Crippen molar-refractivity contribution in [1.29, 1.82) is 0 Å². The molecule has 0 spiro atoms. The van der Waals surface area contributed by atoms with Crippen molar-refractivity contribution in [2.75, 3.05) is 5.32 Å². The van der Waals surface area contributed by atoms with E-state index < -0.39 is 12.0 Å². The van der Waals surface area contributed by atoms with Gasteiger partial charge in [0.1, 0.15) is 5.82 Å². The largest absolute Gasteiger partial charge is 0.476 e. The third kappa shape index (κ3) is 4.01. The second-order valence-corrected chi connectivity index (χ2v) is 8.45. The highest BCUT2D eigenvalue weighted by molar-refractivity contribution is 9.10. The molecule has 1 aromatic carbocycles. The molecule has 164 valence electrons. The van der Waals surface area contributed by atoms with Gasteiger partial charge in [0.2, 0.25) is 0 Å². The molecule has 0 aliphatic carbocycles. The summed E-state index contributed by atoms with van der Waals surface area (Å²) in [5, 5.41) is 22.3. The Kier molecular flexibility index (Phi) is 6.03. The number of halogens is 2. The molecule has 0 saturated heterocycles. The number of nitrogens with zero attached hydrogens (tertiary/aromatic N) is 5. The van der Waals surface area contributed by atoms with Crippen LogP contribution in [0.4, 0.5) is 5.69 Å². The van der Waals surface area contributed by atoms with Crippen LogP contribution in [-0.2, 0) is 6.54 Å². The van der Waals surface area contributed by atoms with Crippen LogP contribution in [0.1, 0.15) is 39.2 Å². The minimum absolute atomic E-state index is 0.0514. The van der Waals surface area contributed by atoms with Crippen molar-refractivity contribution >= 4 is 44.8 Å². The molecule has 32 heavy (non-hydrogen) atoms. The number of pyridine rings is 1. The van der Waals surface area contributed by atoms with Crippen molar-refractivity contribution in [2.24, 2.45) is 0 Å². The standard InChI is InChI=1S/C22H20BrClN6O2/c1-4-9-29-19(18(21(31)32)26-22(29)23)17(14-5-7-15(24)8-6-14)25-16-10-12(2)20-28-27-13(3)30(20)11-16/h4-8,10-11,17,25H,1,9H2,2-3H3,(H,31,32). The lowest BCUT2D eigenvalue weighted by Crippen LogP contribution is -2.20. The van der Waals surface area contributed by atoms with Crippen LogP contribution in [0.3, 0.4) is 0 Å². The summed E-state index contributed by atoms with van der Waals surface area (Å²) in [6.07, 6.45) is 3.58. The number of allylic oxidation sites excluding steroid dienone is 1. The van der Waals surface area contributed by atoms with E-state index in [0.29, 0.717) is 22.0 Å². The van der Waals surface area contributed by atoms with Gasteiger partial charge in [-0.1, -0.05) is 29.8 Å². The average Bonchev–Trinajstić information content (AvgIpc) is 3.28. The fraction of sp³-hybridized carbons (Fsp3) is 0.182. The first kappa shape index (κ1) is 22.0. The van der Waals surface area contributed by atoms with Crippen molar-refractivity contribution < 1.29 is 9.90 Å². The second-order valence-electron chi connectivity index (χ2n) is 7.30. The van der Waals surface area contributed by atoms with Gasteiger partial charge in [0.15, 0.2) is 16.1 Å². The Morgan fingerprint density at radius 1 is 1.31 bits per heavy atom. The van der Waals surface area contributed by atoms with Gasteiger partial charge in [0.25, 0.3) is 0 Å². The molecule has 4 aromatic rings. The summed E-state index contributed by atoms with van der Waals surface area (Å²) in [6, 6.07) is 8.68. The Bertz CT molecular complexity index is 1330. The Labute approximate surface area is 197 Å². The summed E-state index contributed by atoms with van der Waals surface area (Å²) < 4.78 is 4.08. The molecule has 0 amide bonds. The topological polar surface area (TPSA) is 97.3 Å². The molecule has 1 unspecified atom stereocenters. The fourth-order valence-corrected chi connectivity index (χ4v) is 4.31. The highest BCUT2D eigenvalue weighted by Crippen LogP contribution is 2.33. The van der Waals surface area contributed by atoms with Gasteiger partial charge in [-0.25, -0.2) is 9.78 Å². The first-order chi connectivity index (χ1) is 15.3. The first-order valence-electron chi connectivity index (χ1n) is 9.74. The molecule has 0 bridgehead atoms. The predicted octanol–water partition coefficient (Wildman–Crippen LogP) is 5.04. The minimum atomic E-state index is -1.12. The maximum absolute atomic E-state index is 12.1. The molecule has 4 rings (SSSR count). The molecule has 0 radical (unpaired) electrons. The highest BCUT2D eigenvalue weighted by Gasteiger charge is 2.29. The zero-order valence-corrected chi connectivity index (χ0v) is 19.7. The predicted molar refractivity (Wildman–Crippen MR) is 126 cm³/mol. The second kappa shape index (κ2) is 8.76. The third-order valence-electron chi connectivity index (χ3n) is 5.12. The number of carboxylic acids is 1. The van der Waals surface area contributed by atoms with Gasteiger partial charge in [-0.2, -0.15) is 0 Å². The molecular formula is C22H20BrClN6O2. The lowest BCUT2D eigenvalue weighted by Gasteiger charge is -2.23. The monoisotopic (exact) mass is 514 g/mol. The van der Waals surface area contributed by atoms with Crippen molar-refractivity contribution in [1.82, 2.24) is 24.1 Å².